The van der Waals surface area contributed by atoms with Crippen molar-refractivity contribution in [2.24, 2.45) is 29.4 Å². The van der Waals surface area contributed by atoms with E-state index < -0.39 is 30.1 Å². The number of rotatable bonds is 13. The summed E-state index contributed by atoms with van der Waals surface area (Å²) in [6.45, 7) is 21.3. The molecular weight excluding hydrogens is 1010 g/mol. The Labute approximate surface area is 464 Å². The topological polar surface area (TPSA) is 299 Å². The van der Waals surface area contributed by atoms with E-state index in [2.05, 4.69) is 66.2 Å². The minimum Gasteiger partial charge on any atom is -0.508 e. The molecular formula is C58H84N10O11. The predicted octanol–water partition coefficient (Wildman–Crippen LogP) is 2.48. The number of fused-ring (bicyclic) bond motifs is 3. The van der Waals surface area contributed by atoms with Gasteiger partial charge in [-0.25, -0.2) is 0 Å². The number of phenolic OH excluding ortho intramolecular Hbond substituents is 1. The molecule has 7 saturated heterocycles. The summed E-state index contributed by atoms with van der Waals surface area (Å²) in [6, 6.07) is 13.7. The second-order valence-corrected chi connectivity index (χ2v) is 22.7. The van der Waals surface area contributed by atoms with Gasteiger partial charge in [0.2, 0.25) is 53.2 Å². The third-order valence-corrected chi connectivity index (χ3v) is 14.7. The van der Waals surface area contributed by atoms with Crippen molar-refractivity contribution in [2.45, 2.75) is 174 Å². The number of amides is 10. The first kappa shape index (κ1) is 62.5. The van der Waals surface area contributed by atoms with Gasteiger partial charge in [-0.15, -0.1) is 0 Å². The van der Waals surface area contributed by atoms with Crippen molar-refractivity contribution in [3.8, 4) is 5.75 Å². The Kier molecular flexibility index (Phi) is 23.0. The maximum absolute atomic E-state index is 12.3. The van der Waals surface area contributed by atoms with Crippen LogP contribution in [0.1, 0.15) is 124 Å². The Morgan fingerprint density at radius 1 is 0.620 bits per heavy atom. The van der Waals surface area contributed by atoms with Gasteiger partial charge in [-0.05, 0) is 98.3 Å². The molecule has 7 heterocycles. The molecule has 8 unspecified atom stereocenters. The van der Waals surface area contributed by atoms with E-state index in [0.29, 0.717) is 37.6 Å². The molecule has 0 spiro atoms. The van der Waals surface area contributed by atoms with E-state index in [4.69, 9.17) is 5.73 Å². The number of nitrogens with two attached hydrogens (primary N) is 1. The average molecular weight is 1100 g/mol. The third-order valence-electron chi connectivity index (χ3n) is 14.7. The molecule has 79 heavy (non-hydrogen) atoms. The van der Waals surface area contributed by atoms with Crippen LogP contribution in [0.25, 0.3) is 0 Å². The Morgan fingerprint density at radius 3 is 1.48 bits per heavy atom. The summed E-state index contributed by atoms with van der Waals surface area (Å²) in [4.78, 5) is 122. The average Bonchev–Trinajstić information content (AvgIpc) is 4.22. The van der Waals surface area contributed by atoms with E-state index in [1.165, 1.54) is 0 Å². The van der Waals surface area contributed by atoms with E-state index in [9.17, 15) is 53.1 Å². The molecule has 8 atom stereocenters. The lowest BCUT2D eigenvalue weighted by Crippen LogP contribution is -2.61. The lowest BCUT2D eigenvalue weighted by molar-refractivity contribution is -0.147. The standard InChI is InChI=1S/C14H16N2O3.C14H16N2O2.C11H18N2O2.C11H22N2O2.C8H12N2O2/c17-10-5-3-9(4-6-10)8-11-14(19)16-7-1-2-12(16)13(18)15-11;17-13-12-7-4-8-16(12)14(18)11(15-13)9-10-5-2-1-3-6-10;1-7(2)6-8-11(15)13-5-3-4-9(13)10(14)12-8;1-7(2)5-6-9(14)13-10(8(3)4)11(12)15;1-4(2)6-8(12)9-5(3)7(11)10-6/h3-6,11-12,17H,1-2,7-8H2,(H,15,18);1-3,5-6,11-12H,4,7-9H2,(H,15,17);7-9H,3-6H2,1-2H3,(H,12,14);7-8,10H,5-6H2,1-4H3,(H2,12,15)(H,13,14);4,6H,3H2,1-2H3,(H,9,12)(H,10,11). The summed E-state index contributed by atoms with van der Waals surface area (Å²) in [5.41, 5.74) is 7.31. The highest BCUT2D eigenvalue weighted by Crippen LogP contribution is 2.26. The third kappa shape index (κ3) is 17.6. The fraction of sp³-hybridized carbons (Fsp3) is 0.586. The molecule has 9 rings (SSSR count). The number of hydrogen-bond donors (Lipinski definition) is 8. The number of carbonyl (C=O) groups excluding carboxylic acids is 10. The van der Waals surface area contributed by atoms with Gasteiger partial charge in [0.05, 0.1) is 5.70 Å². The molecule has 0 aromatic heterocycles. The van der Waals surface area contributed by atoms with Gasteiger partial charge in [0.25, 0.3) is 5.91 Å². The molecule has 21 heteroatoms. The van der Waals surface area contributed by atoms with Crippen LogP contribution in [-0.4, -0.2) is 147 Å². The summed E-state index contributed by atoms with van der Waals surface area (Å²) in [5, 5.41) is 25.4. The minimum atomic E-state index is -0.551. The van der Waals surface area contributed by atoms with Gasteiger partial charge < -0.3 is 57.4 Å². The molecule has 21 nitrogen and oxygen atoms in total. The maximum atomic E-state index is 12.3. The zero-order valence-electron chi connectivity index (χ0n) is 47.2. The first-order valence-corrected chi connectivity index (χ1v) is 27.9. The molecule has 2 aromatic carbocycles. The van der Waals surface area contributed by atoms with Gasteiger partial charge >= 0.3 is 0 Å². The number of nitrogens with one attached hydrogen (secondary N) is 6. The highest BCUT2D eigenvalue weighted by molar-refractivity contribution is 6.04. The number of nitrogens with zero attached hydrogens (tertiary/aromatic N) is 3. The van der Waals surface area contributed by atoms with Crippen LogP contribution in [0.4, 0.5) is 0 Å². The number of aromatic hydroxyl groups is 1. The van der Waals surface area contributed by atoms with Gasteiger partial charge in [0.15, 0.2) is 0 Å². The largest absolute Gasteiger partial charge is 0.508 e. The lowest BCUT2D eigenvalue weighted by atomic mass is 9.99. The van der Waals surface area contributed by atoms with Crippen LogP contribution < -0.4 is 37.6 Å². The smallest absolute Gasteiger partial charge is 0.267 e. The normalized spacial score (nSPS) is 24.4. The van der Waals surface area contributed by atoms with Crippen molar-refractivity contribution in [1.29, 1.82) is 0 Å². The van der Waals surface area contributed by atoms with Crippen LogP contribution >= 0.6 is 0 Å². The van der Waals surface area contributed by atoms with E-state index in [1.54, 1.807) is 39.0 Å². The Bertz CT molecular complexity index is 2520. The van der Waals surface area contributed by atoms with E-state index in [-0.39, 0.29) is 101 Å². The van der Waals surface area contributed by atoms with Crippen molar-refractivity contribution in [2.75, 3.05) is 19.6 Å². The van der Waals surface area contributed by atoms with Gasteiger partial charge in [-0.2, -0.15) is 0 Å². The molecule has 2 aromatic rings. The van der Waals surface area contributed by atoms with Crippen molar-refractivity contribution in [3.63, 3.8) is 0 Å². The minimum absolute atomic E-state index is 0.00744. The van der Waals surface area contributed by atoms with Crippen LogP contribution in [0, 0.1) is 23.7 Å². The predicted molar refractivity (Wildman–Crippen MR) is 295 cm³/mol. The van der Waals surface area contributed by atoms with Gasteiger partial charge in [-0.1, -0.05) is 104 Å². The van der Waals surface area contributed by atoms with Crippen LogP contribution in [0.15, 0.2) is 66.9 Å². The van der Waals surface area contributed by atoms with Crippen molar-refractivity contribution >= 4 is 59.1 Å². The maximum Gasteiger partial charge on any atom is 0.267 e. The molecule has 7 fully saturated rings. The summed E-state index contributed by atoms with van der Waals surface area (Å²) >= 11 is 0. The Balaban J connectivity index is 0.000000183. The molecule has 0 radical (unpaired) electrons. The molecule has 7 aliphatic heterocycles. The van der Waals surface area contributed by atoms with Gasteiger partial charge in [0, 0.05) is 38.9 Å². The van der Waals surface area contributed by atoms with Crippen LogP contribution in [0.3, 0.4) is 0 Å². The van der Waals surface area contributed by atoms with Crippen LogP contribution in [0.2, 0.25) is 0 Å². The SMILES string of the molecule is C=C1NC(=O)C(C(C)C)NC1=O.CC(C)CC1NC(=O)C2CCCN2C1=O.CC(C)CCC(=O)NC(C(N)=O)C(C)C.O=C1NC(Cc2ccc(O)cc2)C(=O)N2CCCC12.O=C1NC(Cc2ccccc2)C(=O)N2CCCC12. The summed E-state index contributed by atoms with van der Waals surface area (Å²) < 4.78 is 0. The molecule has 0 bridgehead atoms. The quantitative estimate of drug-likeness (QED) is 0.135. The van der Waals surface area contributed by atoms with E-state index >= 15 is 0 Å². The highest BCUT2D eigenvalue weighted by Gasteiger charge is 2.45. The molecule has 0 aliphatic carbocycles. The number of piperazine rings is 4. The molecule has 432 valence electrons. The highest BCUT2D eigenvalue weighted by atomic mass is 16.3. The molecule has 7 aliphatic rings. The fourth-order valence-electron chi connectivity index (χ4n) is 10.4. The summed E-state index contributed by atoms with van der Waals surface area (Å²) in [7, 11) is 0. The first-order valence-electron chi connectivity index (χ1n) is 27.9. The zero-order chi connectivity index (χ0) is 58.2. The van der Waals surface area contributed by atoms with Crippen LogP contribution in [0.5, 0.6) is 5.75 Å². The van der Waals surface area contributed by atoms with Crippen molar-refractivity contribution in [3.05, 3.63) is 78.0 Å². The first-order chi connectivity index (χ1) is 37.4. The molecule has 10 amide bonds. The zero-order valence-corrected chi connectivity index (χ0v) is 47.2. The van der Waals surface area contributed by atoms with E-state index in [0.717, 1.165) is 75.6 Å². The Morgan fingerprint density at radius 2 is 1.06 bits per heavy atom. The molecule has 9 N–H and O–H groups in total. The summed E-state index contributed by atoms with van der Waals surface area (Å²) in [6.07, 6.45) is 8.25. The molecule has 0 saturated carbocycles. The van der Waals surface area contributed by atoms with Crippen molar-refractivity contribution < 1.29 is 53.1 Å². The van der Waals surface area contributed by atoms with E-state index in [1.807, 2.05) is 58.0 Å². The van der Waals surface area contributed by atoms with Crippen LogP contribution in [-0.2, 0) is 60.8 Å². The van der Waals surface area contributed by atoms with Crippen molar-refractivity contribution in [1.82, 2.24) is 46.6 Å². The number of hydrogen-bond acceptors (Lipinski definition) is 11. The van der Waals surface area contributed by atoms with Gasteiger partial charge in [0.1, 0.15) is 54.1 Å². The lowest BCUT2D eigenvalue weighted by Gasteiger charge is -2.35. The van der Waals surface area contributed by atoms with Gasteiger partial charge in [-0.3, -0.25) is 47.9 Å². The fourth-order valence-corrected chi connectivity index (χ4v) is 10.4. The monoisotopic (exact) mass is 1100 g/mol. The Hall–Kier alpha value is -7.32. The number of primary amides is 1. The second-order valence-electron chi connectivity index (χ2n) is 22.7. The second kappa shape index (κ2) is 29.1. The number of phenols is 1. The number of carbonyl (C=O) groups is 10. The number of benzene rings is 2. The summed E-state index contributed by atoms with van der Waals surface area (Å²) in [5.74, 6) is 0.399.